The molecule has 4 aliphatic carbocycles. The number of Topliss-reactive ketones (excluding diaryl/α,β-unsaturated/α-hetero) is 1. The monoisotopic (exact) mass is 334 g/mol. The van der Waals surface area contributed by atoms with Crippen molar-refractivity contribution < 1.29 is 19.4 Å². The highest BCUT2D eigenvalue weighted by Gasteiger charge is 2.61. The van der Waals surface area contributed by atoms with Crippen LogP contribution < -0.4 is 0 Å². The number of fused-ring (bicyclic) bond motifs is 5. The number of aliphatic hydroxyl groups is 1. The second-order valence-corrected chi connectivity index (χ2v) is 9.09. The molecule has 0 aliphatic heterocycles. The van der Waals surface area contributed by atoms with E-state index in [1.807, 2.05) is 0 Å². The molecule has 4 heteroatoms. The molecule has 0 heterocycles. The summed E-state index contributed by atoms with van der Waals surface area (Å²) in [5, 5.41) is 10.9. The molecule has 0 radical (unpaired) electrons. The second-order valence-electron chi connectivity index (χ2n) is 9.09. The van der Waals surface area contributed by atoms with Gasteiger partial charge in [-0.05, 0) is 80.5 Å². The molecular weight excluding hydrogens is 304 g/mol. The minimum Gasteiger partial charge on any atom is -0.463 e. The van der Waals surface area contributed by atoms with Gasteiger partial charge in [0.2, 0.25) is 0 Å². The van der Waals surface area contributed by atoms with Gasteiger partial charge in [-0.3, -0.25) is 9.59 Å². The summed E-state index contributed by atoms with van der Waals surface area (Å²) in [6, 6.07) is 0. The summed E-state index contributed by atoms with van der Waals surface area (Å²) in [5.74, 6) is 1.85. The van der Waals surface area contributed by atoms with E-state index in [4.69, 9.17) is 4.74 Å². The molecule has 0 unspecified atom stereocenters. The van der Waals surface area contributed by atoms with E-state index in [1.165, 1.54) is 6.92 Å². The van der Waals surface area contributed by atoms with E-state index >= 15 is 0 Å². The number of ether oxygens (including phenoxy) is 1. The van der Waals surface area contributed by atoms with E-state index in [9.17, 15) is 14.7 Å². The van der Waals surface area contributed by atoms with Crippen molar-refractivity contribution in [2.75, 3.05) is 0 Å². The fourth-order valence-electron chi connectivity index (χ4n) is 6.98. The van der Waals surface area contributed by atoms with Gasteiger partial charge < -0.3 is 9.84 Å². The quantitative estimate of drug-likeness (QED) is 0.748. The SMILES string of the molecule is CC(=O)O[C@H]1CC[C@@]2(C)[C@@H](CC[C@@H]3[C@@H]2CC[C@@]2(O)C(=O)CC[C@@H]32)C1. The lowest BCUT2D eigenvalue weighted by Gasteiger charge is -2.59. The van der Waals surface area contributed by atoms with E-state index in [0.717, 1.165) is 44.9 Å². The summed E-state index contributed by atoms with van der Waals surface area (Å²) in [5.41, 5.74) is -0.730. The van der Waals surface area contributed by atoms with Gasteiger partial charge in [0.25, 0.3) is 0 Å². The first-order valence-corrected chi connectivity index (χ1v) is 9.77. The van der Waals surface area contributed by atoms with Gasteiger partial charge in [-0.2, -0.15) is 0 Å². The van der Waals surface area contributed by atoms with Crippen LogP contribution in [0.25, 0.3) is 0 Å². The summed E-state index contributed by atoms with van der Waals surface area (Å²) < 4.78 is 5.50. The Labute approximate surface area is 144 Å². The van der Waals surface area contributed by atoms with Crippen LogP contribution in [-0.2, 0) is 14.3 Å². The summed E-state index contributed by atoms with van der Waals surface area (Å²) in [4.78, 5) is 23.5. The zero-order valence-corrected chi connectivity index (χ0v) is 14.9. The smallest absolute Gasteiger partial charge is 0.302 e. The summed E-state index contributed by atoms with van der Waals surface area (Å²) in [7, 11) is 0. The van der Waals surface area contributed by atoms with Crippen molar-refractivity contribution in [2.45, 2.75) is 83.3 Å². The minimum absolute atomic E-state index is 0.0886. The first kappa shape index (κ1) is 16.6. The van der Waals surface area contributed by atoms with Crippen LogP contribution in [0.1, 0.15) is 71.6 Å². The van der Waals surface area contributed by atoms with Gasteiger partial charge in [0.15, 0.2) is 5.78 Å². The number of carbonyl (C=O) groups is 2. The average molecular weight is 334 g/mol. The highest BCUT2D eigenvalue weighted by Crippen LogP contribution is 2.63. The fraction of sp³-hybridized carbons (Fsp3) is 0.900. The maximum atomic E-state index is 12.2. The van der Waals surface area contributed by atoms with Crippen LogP contribution in [0.15, 0.2) is 0 Å². The molecule has 4 rings (SSSR count). The number of hydrogen-bond acceptors (Lipinski definition) is 4. The molecule has 4 fully saturated rings. The maximum Gasteiger partial charge on any atom is 0.302 e. The molecule has 1 N–H and O–H groups in total. The maximum absolute atomic E-state index is 12.2. The Kier molecular flexibility index (Phi) is 3.83. The largest absolute Gasteiger partial charge is 0.463 e. The molecule has 0 bridgehead atoms. The van der Waals surface area contributed by atoms with Crippen LogP contribution in [0.2, 0.25) is 0 Å². The van der Waals surface area contributed by atoms with Gasteiger partial charge in [0, 0.05) is 13.3 Å². The van der Waals surface area contributed by atoms with Crippen molar-refractivity contribution in [3.8, 4) is 0 Å². The highest BCUT2D eigenvalue weighted by molar-refractivity contribution is 5.89. The number of carbonyl (C=O) groups excluding carboxylic acids is 2. The predicted octanol–water partition coefficient (Wildman–Crippen LogP) is 3.25. The normalized spacial score (nSPS) is 50.6. The Morgan fingerprint density at radius 1 is 1.12 bits per heavy atom. The Hall–Kier alpha value is -0.900. The lowest BCUT2D eigenvalue weighted by Crippen LogP contribution is -2.57. The minimum atomic E-state index is -1.01. The fourth-order valence-corrected chi connectivity index (χ4v) is 6.98. The molecule has 4 aliphatic rings. The third-order valence-electron chi connectivity index (χ3n) is 8.16. The van der Waals surface area contributed by atoms with Crippen molar-refractivity contribution in [3.63, 3.8) is 0 Å². The summed E-state index contributed by atoms with van der Waals surface area (Å²) in [6.07, 6.45) is 8.51. The van der Waals surface area contributed by atoms with Crippen LogP contribution in [0.4, 0.5) is 0 Å². The molecule has 134 valence electrons. The number of rotatable bonds is 1. The van der Waals surface area contributed by atoms with Gasteiger partial charge in [0.1, 0.15) is 11.7 Å². The van der Waals surface area contributed by atoms with Gasteiger partial charge in [-0.25, -0.2) is 0 Å². The van der Waals surface area contributed by atoms with Crippen LogP contribution in [0.5, 0.6) is 0 Å². The molecule has 0 amide bonds. The van der Waals surface area contributed by atoms with Crippen molar-refractivity contribution in [2.24, 2.45) is 29.1 Å². The molecular formula is C20H30O4. The molecule has 0 aromatic rings. The van der Waals surface area contributed by atoms with Gasteiger partial charge in [0.05, 0.1) is 0 Å². The van der Waals surface area contributed by atoms with Crippen LogP contribution in [0.3, 0.4) is 0 Å². The molecule has 0 saturated heterocycles. The Balaban J connectivity index is 1.54. The van der Waals surface area contributed by atoms with Crippen LogP contribution in [0, 0.1) is 29.1 Å². The topological polar surface area (TPSA) is 63.6 Å². The number of ketones is 1. The Morgan fingerprint density at radius 2 is 1.92 bits per heavy atom. The Morgan fingerprint density at radius 3 is 2.67 bits per heavy atom. The van der Waals surface area contributed by atoms with Crippen molar-refractivity contribution in [3.05, 3.63) is 0 Å². The van der Waals surface area contributed by atoms with E-state index in [0.29, 0.717) is 30.6 Å². The second kappa shape index (κ2) is 5.55. The first-order chi connectivity index (χ1) is 11.3. The molecule has 0 spiro atoms. The number of hydrogen-bond donors (Lipinski definition) is 1. The lowest BCUT2D eigenvalue weighted by molar-refractivity contribution is -0.170. The average Bonchev–Trinajstić information content (AvgIpc) is 2.83. The highest BCUT2D eigenvalue weighted by atomic mass is 16.5. The zero-order valence-electron chi connectivity index (χ0n) is 14.9. The molecule has 0 aromatic carbocycles. The third kappa shape index (κ3) is 2.28. The van der Waals surface area contributed by atoms with Crippen molar-refractivity contribution in [1.82, 2.24) is 0 Å². The number of esters is 1. The van der Waals surface area contributed by atoms with Crippen LogP contribution >= 0.6 is 0 Å². The van der Waals surface area contributed by atoms with Crippen LogP contribution in [-0.4, -0.2) is 28.6 Å². The standard InChI is InChI=1S/C20H30O4/c1-12(21)24-14-7-9-19(2)13(11-14)3-4-15-16(19)8-10-20(23)17(15)5-6-18(20)22/h13-17,23H,3-11H2,1-2H3/t13-,14-,15+,16-,17-,19-,20-/m0/s1. The van der Waals surface area contributed by atoms with E-state index in [1.54, 1.807) is 0 Å². The predicted molar refractivity (Wildman–Crippen MR) is 89.1 cm³/mol. The molecule has 7 atom stereocenters. The lowest BCUT2D eigenvalue weighted by atomic mass is 9.46. The van der Waals surface area contributed by atoms with E-state index in [2.05, 4.69) is 6.92 Å². The Bertz CT molecular complexity index is 558. The first-order valence-electron chi connectivity index (χ1n) is 9.77. The molecule has 4 saturated carbocycles. The van der Waals surface area contributed by atoms with Gasteiger partial charge in [-0.15, -0.1) is 0 Å². The van der Waals surface area contributed by atoms with Crippen molar-refractivity contribution in [1.29, 1.82) is 0 Å². The van der Waals surface area contributed by atoms with E-state index < -0.39 is 5.60 Å². The zero-order chi connectivity index (χ0) is 17.1. The third-order valence-corrected chi connectivity index (χ3v) is 8.16. The van der Waals surface area contributed by atoms with Gasteiger partial charge in [-0.1, -0.05) is 6.92 Å². The molecule has 4 nitrogen and oxygen atoms in total. The van der Waals surface area contributed by atoms with Gasteiger partial charge >= 0.3 is 5.97 Å². The summed E-state index contributed by atoms with van der Waals surface area (Å²) >= 11 is 0. The summed E-state index contributed by atoms with van der Waals surface area (Å²) in [6.45, 7) is 3.93. The molecule has 24 heavy (non-hydrogen) atoms. The van der Waals surface area contributed by atoms with E-state index in [-0.39, 0.29) is 29.2 Å². The molecule has 0 aromatic heterocycles. The van der Waals surface area contributed by atoms with Crippen molar-refractivity contribution >= 4 is 11.8 Å².